The molecule has 0 bridgehead atoms. The number of hydrogen-bond donors (Lipinski definition) is 0. The molecule has 2 nitrogen and oxygen atoms in total. The molecule has 0 spiro atoms. The van der Waals surface area contributed by atoms with Crippen LogP contribution in [0.3, 0.4) is 0 Å². The van der Waals surface area contributed by atoms with Gasteiger partial charge >= 0.3 is 0 Å². The highest BCUT2D eigenvalue weighted by atomic mass is 16.5. The highest BCUT2D eigenvalue weighted by molar-refractivity contribution is 5.13. The molecular weight excluding hydrogens is 222 g/mol. The second-order valence-electron chi connectivity index (χ2n) is 5.60. The molecule has 102 valence electrons. The predicted molar refractivity (Wildman–Crippen MR) is 77.2 cm³/mol. The van der Waals surface area contributed by atoms with Crippen molar-refractivity contribution in [3.05, 3.63) is 35.9 Å². The highest BCUT2D eigenvalue weighted by Crippen LogP contribution is 2.15. The first kappa shape index (κ1) is 15.2. The summed E-state index contributed by atoms with van der Waals surface area (Å²) in [5.74, 6) is 0. The Morgan fingerprint density at radius 3 is 2.39 bits per heavy atom. The molecule has 1 unspecified atom stereocenters. The van der Waals surface area contributed by atoms with Gasteiger partial charge in [-0.2, -0.15) is 0 Å². The van der Waals surface area contributed by atoms with Crippen molar-refractivity contribution in [1.82, 2.24) is 0 Å². The third-order valence-corrected chi connectivity index (χ3v) is 3.52. The molecule has 0 saturated carbocycles. The van der Waals surface area contributed by atoms with Crippen molar-refractivity contribution in [3.63, 3.8) is 0 Å². The lowest BCUT2D eigenvalue weighted by atomic mass is 10.2. The van der Waals surface area contributed by atoms with Crippen molar-refractivity contribution in [2.45, 2.75) is 45.9 Å². The van der Waals surface area contributed by atoms with Crippen LogP contribution in [0.5, 0.6) is 0 Å². The fourth-order valence-electron chi connectivity index (χ4n) is 1.99. The summed E-state index contributed by atoms with van der Waals surface area (Å²) >= 11 is 0. The first-order chi connectivity index (χ1) is 8.56. The third kappa shape index (κ3) is 5.19. The standard InChI is InChI=1S/C16H28NO/c1-5-6-10-13-18-15(2)17(3,4)14-16-11-8-7-9-12-16/h7-9,11-12,15H,5-6,10,13-14H2,1-4H3/q+1. The van der Waals surface area contributed by atoms with Gasteiger partial charge < -0.3 is 4.74 Å². The van der Waals surface area contributed by atoms with Gasteiger partial charge in [-0.1, -0.05) is 50.1 Å². The van der Waals surface area contributed by atoms with Crippen LogP contribution in [-0.2, 0) is 11.3 Å². The van der Waals surface area contributed by atoms with Crippen LogP contribution in [0.15, 0.2) is 30.3 Å². The molecule has 0 fully saturated rings. The molecule has 0 aromatic heterocycles. The maximum atomic E-state index is 5.95. The minimum absolute atomic E-state index is 0.238. The number of hydrogen-bond acceptors (Lipinski definition) is 1. The van der Waals surface area contributed by atoms with Gasteiger partial charge in [-0.15, -0.1) is 0 Å². The van der Waals surface area contributed by atoms with Crippen molar-refractivity contribution in [2.24, 2.45) is 0 Å². The molecular formula is C16H28NO+. The van der Waals surface area contributed by atoms with E-state index in [1.807, 2.05) is 0 Å². The van der Waals surface area contributed by atoms with Gasteiger partial charge in [0.05, 0.1) is 20.7 Å². The van der Waals surface area contributed by atoms with Crippen LogP contribution in [-0.4, -0.2) is 31.4 Å². The van der Waals surface area contributed by atoms with E-state index in [2.05, 4.69) is 58.3 Å². The summed E-state index contributed by atoms with van der Waals surface area (Å²) in [4.78, 5) is 0. The lowest BCUT2D eigenvalue weighted by molar-refractivity contribution is -0.947. The fourth-order valence-corrected chi connectivity index (χ4v) is 1.99. The number of benzene rings is 1. The van der Waals surface area contributed by atoms with Crippen molar-refractivity contribution >= 4 is 0 Å². The summed E-state index contributed by atoms with van der Waals surface area (Å²) in [6.45, 7) is 6.29. The number of quaternary nitrogens is 1. The van der Waals surface area contributed by atoms with Crippen LogP contribution in [0.4, 0.5) is 0 Å². The molecule has 0 heterocycles. The normalized spacial score (nSPS) is 13.6. The lowest BCUT2D eigenvalue weighted by Crippen LogP contribution is -2.48. The second kappa shape index (κ2) is 7.55. The Bertz CT molecular complexity index is 321. The average Bonchev–Trinajstić information content (AvgIpc) is 2.35. The fraction of sp³-hybridized carbons (Fsp3) is 0.625. The molecule has 0 aliphatic carbocycles. The van der Waals surface area contributed by atoms with E-state index in [4.69, 9.17) is 4.74 Å². The van der Waals surface area contributed by atoms with Gasteiger partial charge in [0, 0.05) is 12.5 Å². The molecule has 0 amide bonds. The molecule has 18 heavy (non-hydrogen) atoms. The zero-order valence-electron chi connectivity index (χ0n) is 12.4. The van der Waals surface area contributed by atoms with E-state index in [1.165, 1.54) is 24.8 Å². The second-order valence-corrected chi connectivity index (χ2v) is 5.60. The van der Waals surface area contributed by atoms with Crippen LogP contribution < -0.4 is 0 Å². The molecule has 0 aliphatic rings. The lowest BCUT2D eigenvalue weighted by Gasteiger charge is -2.35. The molecule has 0 saturated heterocycles. The van der Waals surface area contributed by atoms with Crippen LogP contribution in [0.1, 0.15) is 38.7 Å². The molecule has 1 aromatic rings. The zero-order valence-corrected chi connectivity index (χ0v) is 12.4. The first-order valence-corrected chi connectivity index (χ1v) is 7.04. The van der Waals surface area contributed by atoms with Gasteiger partial charge in [-0.25, -0.2) is 0 Å². The number of unbranched alkanes of at least 4 members (excludes halogenated alkanes) is 2. The van der Waals surface area contributed by atoms with E-state index in [0.717, 1.165) is 17.6 Å². The molecule has 0 aliphatic heterocycles. The van der Waals surface area contributed by atoms with E-state index in [1.54, 1.807) is 0 Å². The monoisotopic (exact) mass is 250 g/mol. The Kier molecular flexibility index (Phi) is 6.37. The van der Waals surface area contributed by atoms with Crippen LogP contribution in [0.25, 0.3) is 0 Å². The van der Waals surface area contributed by atoms with Crippen LogP contribution >= 0.6 is 0 Å². The van der Waals surface area contributed by atoms with Crippen molar-refractivity contribution in [2.75, 3.05) is 20.7 Å². The largest absolute Gasteiger partial charge is 0.329 e. The quantitative estimate of drug-likeness (QED) is 0.387. The van der Waals surface area contributed by atoms with Crippen LogP contribution in [0, 0.1) is 0 Å². The summed E-state index contributed by atoms with van der Waals surface area (Å²) in [5, 5.41) is 0. The van der Waals surface area contributed by atoms with Crippen molar-refractivity contribution in [3.8, 4) is 0 Å². The predicted octanol–water partition coefficient (Wildman–Crippen LogP) is 3.82. The van der Waals surface area contributed by atoms with Gasteiger partial charge in [-0.05, 0) is 6.42 Å². The van der Waals surface area contributed by atoms with E-state index < -0.39 is 0 Å². The molecule has 0 N–H and O–H groups in total. The summed E-state index contributed by atoms with van der Waals surface area (Å²) in [7, 11) is 4.47. The summed E-state index contributed by atoms with van der Waals surface area (Å²) in [6, 6.07) is 10.6. The SMILES string of the molecule is CCCCCOC(C)[N+](C)(C)Cc1ccccc1. The van der Waals surface area contributed by atoms with E-state index in [-0.39, 0.29) is 6.23 Å². The Morgan fingerprint density at radius 2 is 1.78 bits per heavy atom. The first-order valence-electron chi connectivity index (χ1n) is 7.04. The Balaban J connectivity index is 2.42. The van der Waals surface area contributed by atoms with Gasteiger partial charge in [0.1, 0.15) is 6.54 Å². The molecule has 1 rings (SSSR count). The van der Waals surface area contributed by atoms with Gasteiger partial charge in [0.2, 0.25) is 0 Å². The Labute approximate surface area is 112 Å². The topological polar surface area (TPSA) is 9.23 Å². The summed E-state index contributed by atoms with van der Waals surface area (Å²) in [5.41, 5.74) is 1.37. The van der Waals surface area contributed by atoms with Gasteiger partial charge in [0.15, 0.2) is 6.23 Å². The smallest absolute Gasteiger partial charge is 0.190 e. The molecule has 2 heteroatoms. The summed E-state index contributed by atoms with van der Waals surface area (Å²) in [6.07, 6.45) is 3.92. The molecule has 1 atom stereocenters. The maximum absolute atomic E-state index is 5.95. The Hall–Kier alpha value is -0.860. The number of ether oxygens (including phenoxy) is 1. The van der Waals surface area contributed by atoms with E-state index in [0.29, 0.717) is 0 Å². The van der Waals surface area contributed by atoms with Crippen LogP contribution in [0.2, 0.25) is 0 Å². The van der Waals surface area contributed by atoms with Crippen molar-refractivity contribution < 1.29 is 9.22 Å². The molecule has 1 aromatic carbocycles. The Morgan fingerprint density at radius 1 is 1.11 bits per heavy atom. The third-order valence-electron chi connectivity index (χ3n) is 3.52. The van der Waals surface area contributed by atoms with E-state index in [9.17, 15) is 0 Å². The average molecular weight is 250 g/mol. The molecule has 0 radical (unpaired) electrons. The number of rotatable bonds is 8. The zero-order chi connectivity index (χ0) is 13.4. The summed E-state index contributed by atoms with van der Waals surface area (Å²) < 4.78 is 6.82. The number of nitrogens with zero attached hydrogens (tertiary/aromatic N) is 1. The van der Waals surface area contributed by atoms with E-state index >= 15 is 0 Å². The highest BCUT2D eigenvalue weighted by Gasteiger charge is 2.24. The minimum atomic E-state index is 0.238. The minimum Gasteiger partial charge on any atom is -0.329 e. The van der Waals surface area contributed by atoms with Gasteiger partial charge in [-0.3, -0.25) is 4.48 Å². The maximum Gasteiger partial charge on any atom is 0.190 e. The van der Waals surface area contributed by atoms with Crippen molar-refractivity contribution in [1.29, 1.82) is 0 Å². The van der Waals surface area contributed by atoms with Gasteiger partial charge in [0.25, 0.3) is 0 Å².